The summed E-state index contributed by atoms with van der Waals surface area (Å²) in [6.07, 6.45) is 11.4. The number of carboxylic acids is 1. The zero-order chi connectivity index (χ0) is 23.9. The highest BCUT2D eigenvalue weighted by molar-refractivity contribution is 5.89. The number of benzene rings is 1. The summed E-state index contributed by atoms with van der Waals surface area (Å²) in [7, 11) is 3.03. The fourth-order valence-corrected chi connectivity index (χ4v) is 3.06. The molecule has 0 atom stereocenters. The van der Waals surface area contributed by atoms with Gasteiger partial charge < -0.3 is 24.1 Å². The van der Waals surface area contributed by atoms with Crippen molar-refractivity contribution in [1.82, 2.24) is 0 Å². The third-order valence-corrected chi connectivity index (χ3v) is 4.86. The van der Waals surface area contributed by atoms with Crippen molar-refractivity contribution in [2.24, 2.45) is 0 Å². The van der Waals surface area contributed by atoms with Gasteiger partial charge in [0.05, 0.1) is 5.56 Å². The van der Waals surface area contributed by atoms with Gasteiger partial charge in [-0.3, -0.25) is 0 Å². The SMILES string of the molecule is COCOc1cc(C(=O)O)cc(OCOC)c1C/C=C(\C)CC/C=C(\C)CCC=C(C)C. The van der Waals surface area contributed by atoms with Crippen LogP contribution < -0.4 is 9.47 Å². The van der Waals surface area contributed by atoms with Crippen LogP contribution in [0.1, 0.15) is 69.3 Å². The summed E-state index contributed by atoms with van der Waals surface area (Å²) in [4.78, 5) is 11.5. The number of hydrogen-bond donors (Lipinski definition) is 1. The minimum Gasteiger partial charge on any atom is -0.478 e. The maximum Gasteiger partial charge on any atom is 0.335 e. The van der Waals surface area contributed by atoms with Gasteiger partial charge in [-0.25, -0.2) is 4.79 Å². The Morgan fingerprint density at radius 3 is 1.81 bits per heavy atom. The lowest BCUT2D eigenvalue weighted by molar-refractivity contribution is 0.0443. The van der Waals surface area contributed by atoms with E-state index in [1.165, 1.54) is 43.1 Å². The zero-order valence-electron chi connectivity index (χ0n) is 20.3. The summed E-state index contributed by atoms with van der Waals surface area (Å²) in [5, 5.41) is 9.42. The molecule has 0 unspecified atom stereocenters. The molecule has 1 aromatic rings. The lowest BCUT2D eigenvalue weighted by atomic mass is 10.0. The largest absolute Gasteiger partial charge is 0.478 e. The lowest BCUT2D eigenvalue weighted by Gasteiger charge is -2.16. The minimum atomic E-state index is -1.06. The van der Waals surface area contributed by atoms with Crippen molar-refractivity contribution in [1.29, 1.82) is 0 Å². The summed E-state index contributed by atoms with van der Waals surface area (Å²) >= 11 is 0. The maximum absolute atomic E-state index is 11.5. The summed E-state index contributed by atoms with van der Waals surface area (Å²) < 4.78 is 21.3. The van der Waals surface area contributed by atoms with Gasteiger partial charge in [-0.1, -0.05) is 34.9 Å². The number of rotatable bonds is 15. The van der Waals surface area contributed by atoms with Crippen LogP contribution in [0.15, 0.2) is 47.1 Å². The lowest BCUT2D eigenvalue weighted by Crippen LogP contribution is -2.08. The smallest absolute Gasteiger partial charge is 0.335 e. The molecule has 0 heterocycles. The molecule has 1 aromatic carbocycles. The first kappa shape index (κ1) is 27.5. The van der Waals surface area contributed by atoms with E-state index < -0.39 is 5.97 Å². The van der Waals surface area contributed by atoms with Crippen molar-refractivity contribution in [3.63, 3.8) is 0 Å². The predicted octanol–water partition coefficient (Wildman–Crippen LogP) is 6.31. The molecule has 0 aromatic heterocycles. The normalized spacial score (nSPS) is 11.9. The zero-order valence-corrected chi connectivity index (χ0v) is 20.3. The molecule has 0 saturated heterocycles. The molecule has 1 N–H and O–H groups in total. The number of hydrogen-bond acceptors (Lipinski definition) is 5. The Balaban J connectivity index is 2.93. The molecule has 0 aliphatic heterocycles. The number of allylic oxidation sites excluding steroid dienone is 6. The Labute approximate surface area is 192 Å². The monoisotopic (exact) mass is 446 g/mol. The van der Waals surface area contributed by atoms with Gasteiger partial charge in [0.1, 0.15) is 11.5 Å². The van der Waals surface area contributed by atoms with Gasteiger partial charge in [0.2, 0.25) is 0 Å². The molecule has 32 heavy (non-hydrogen) atoms. The maximum atomic E-state index is 11.5. The molecule has 0 radical (unpaired) electrons. The molecule has 0 amide bonds. The first-order chi connectivity index (χ1) is 15.3. The quantitative estimate of drug-likeness (QED) is 0.251. The summed E-state index contributed by atoms with van der Waals surface area (Å²) in [6.45, 7) is 8.56. The van der Waals surface area contributed by atoms with E-state index in [1.54, 1.807) is 0 Å². The average Bonchev–Trinajstić information content (AvgIpc) is 2.74. The second-order valence-corrected chi connectivity index (χ2v) is 8.02. The molecule has 0 fully saturated rings. The van der Waals surface area contributed by atoms with E-state index in [0.717, 1.165) is 31.2 Å². The van der Waals surface area contributed by atoms with E-state index >= 15 is 0 Å². The Bertz CT molecular complexity index is 787. The molecule has 1 rings (SSSR count). The molecule has 178 valence electrons. The Morgan fingerprint density at radius 1 is 0.844 bits per heavy atom. The fraction of sp³-hybridized carbons (Fsp3) is 0.500. The molecule has 0 bridgehead atoms. The number of carboxylic acid groups (broad SMARTS) is 1. The highest BCUT2D eigenvalue weighted by Crippen LogP contribution is 2.32. The molecular formula is C26H38O6. The molecule has 0 aliphatic carbocycles. The molecule has 6 nitrogen and oxygen atoms in total. The topological polar surface area (TPSA) is 74.2 Å². The van der Waals surface area contributed by atoms with Gasteiger partial charge in [-0.15, -0.1) is 0 Å². The van der Waals surface area contributed by atoms with Gasteiger partial charge in [0.25, 0.3) is 0 Å². The number of carbonyl (C=O) groups is 1. The van der Waals surface area contributed by atoms with Crippen molar-refractivity contribution in [3.05, 3.63) is 58.2 Å². The first-order valence-corrected chi connectivity index (χ1v) is 10.9. The van der Waals surface area contributed by atoms with Crippen LogP contribution in [0.2, 0.25) is 0 Å². The van der Waals surface area contributed by atoms with Gasteiger partial charge in [-0.2, -0.15) is 0 Å². The van der Waals surface area contributed by atoms with Crippen LogP contribution >= 0.6 is 0 Å². The summed E-state index contributed by atoms with van der Waals surface area (Å²) in [5.41, 5.74) is 4.86. The number of ether oxygens (including phenoxy) is 4. The van der Waals surface area contributed by atoms with E-state index in [9.17, 15) is 9.90 Å². The fourth-order valence-electron chi connectivity index (χ4n) is 3.06. The van der Waals surface area contributed by atoms with E-state index in [4.69, 9.17) is 18.9 Å². The van der Waals surface area contributed by atoms with E-state index in [-0.39, 0.29) is 19.1 Å². The second kappa shape index (κ2) is 15.3. The van der Waals surface area contributed by atoms with Crippen molar-refractivity contribution >= 4 is 5.97 Å². The van der Waals surface area contributed by atoms with Crippen molar-refractivity contribution < 1.29 is 28.8 Å². The van der Waals surface area contributed by atoms with Crippen molar-refractivity contribution in [3.8, 4) is 11.5 Å². The number of aromatic carboxylic acids is 1. The van der Waals surface area contributed by atoms with Gasteiger partial charge in [-0.05, 0) is 71.9 Å². The molecular weight excluding hydrogens is 408 g/mol. The highest BCUT2D eigenvalue weighted by Gasteiger charge is 2.16. The third-order valence-electron chi connectivity index (χ3n) is 4.86. The van der Waals surface area contributed by atoms with E-state index in [0.29, 0.717) is 17.9 Å². The predicted molar refractivity (Wildman–Crippen MR) is 128 cm³/mol. The standard InChI is InChI=1S/C26H38O6/c1-19(2)9-7-10-20(3)11-8-12-21(4)13-14-23-24(31-17-29-5)15-22(26(27)28)16-25(23)32-18-30-6/h9,11,13,15-16H,7-8,10,12,14,17-18H2,1-6H3,(H,27,28)/b20-11+,21-13+. The molecule has 0 saturated carbocycles. The van der Waals surface area contributed by atoms with Crippen LogP contribution in [-0.4, -0.2) is 38.9 Å². The third kappa shape index (κ3) is 10.6. The Kier molecular flexibility index (Phi) is 13.1. The average molecular weight is 447 g/mol. The van der Waals surface area contributed by atoms with Crippen LogP contribution in [0.3, 0.4) is 0 Å². The number of methoxy groups -OCH3 is 2. The van der Waals surface area contributed by atoms with Crippen LogP contribution in [0, 0.1) is 0 Å². The Hall–Kier alpha value is -2.57. The molecule has 0 aliphatic rings. The molecule has 6 heteroatoms. The van der Waals surface area contributed by atoms with Gasteiger partial charge >= 0.3 is 5.97 Å². The van der Waals surface area contributed by atoms with E-state index in [2.05, 4.69) is 45.9 Å². The summed E-state index contributed by atoms with van der Waals surface area (Å²) in [5.74, 6) is -0.201. The van der Waals surface area contributed by atoms with Crippen molar-refractivity contribution in [2.45, 2.75) is 59.8 Å². The van der Waals surface area contributed by atoms with Crippen LogP contribution in [0.25, 0.3) is 0 Å². The van der Waals surface area contributed by atoms with Gasteiger partial charge in [0.15, 0.2) is 13.6 Å². The van der Waals surface area contributed by atoms with Crippen LogP contribution in [0.4, 0.5) is 0 Å². The summed E-state index contributed by atoms with van der Waals surface area (Å²) in [6, 6.07) is 3.00. The van der Waals surface area contributed by atoms with Crippen LogP contribution in [-0.2, 0) is 15.9 Å². The Morgan fingerprint density at radius 2 is 1.34 bits per heavy atom. The van der Waals surface area contributed by atoms with Crippen LogP contribution in [0.5, 0.6) is 11.5 Å². The second-order valence-electron chi connectivity index (χ2n) is 8.02. The molecule has 0 spiro atoms. The van der Waals surface area contributed by atoms with E-state index in [1.807, 2.05) is 0 Å². The first-order valence-electron chi connectivity index (χ1n) is 10.9. The van der Waals surface area contributed by atoms with Gasteiger partial charge in [0, 0.05) is 19.8 Å². The van der Waals surface area contributed by atoms with Crippen molar-refractivity contribution in [2.75, 3.05) is 27.8 Å². The minimum absolute atomic E-state index is 0.0132. The highest BCUT2D eigenvalue weighted by atomic mass is 16.7.